The number of pyridine rings is 1. The average Bonchev–Trinajstić information content (AvgIpc) is 2.36. The second-order valence-electron chi connectivity index (χ2n) is 1.80. The smallest absolute Gasteiger partial charge is 0.186 e. The molecule has 0 unspecified atom stereocenters. The Hall–Kier alpha value is -0.650. The van der Waals surface area contributed by atoms with E-state index >= 15 is 0 Å². The van der Waals surface area contributed by atoms with Crippen molar-refractivity contribution in [2.75, 3.05) is 0 Å². The zero-order valence-corrected chi connectivity index (χ0v) is 7.07. The van der Waals surface area contributed by atoms with Crippen molar-refractivity contribution in [1.29, 1.82) is 0 Å². The van der Waals surface area contributed by atoms with E-state index in [2.05, 4.69) is 32.6 Å². The van der Waals surface area contributed by atoms with E-state index in [1.807, 2.05) is 6.07 Å². The first kappa shape index (κ1) is 6.09. The molecule has 10 heavy (non-hydrogen) atoms. The summed E-state index contributed by atoms with van der Waals surface area (Å²) >= 11 is 2.11. The molecule has 0 bridgehead atoms. The van der Waals surface area contributed by atoms with Crippen molar-refractivity contribution < 1.29 is 4.42 Å². The van der Waals surface area contributed by atoms with E-state index in [0.29, 0.717) is 0 Å². The molecule has 0 saturated heterocycles. The number of hydrogen-bond acceptors (Lipinski definition) is 3. The van der Waals surface area contributed by atoms with Gasteiger partial charge in [-0.05, 0) is 28.7 Å². The molecule has 3 nitrogen and oxygen atoms in total. The van der Waals surface area contributed by atoms with Crippen molar-refractivity contribution in [3.8, 4) is 0 Å². The SMILES string of the molecule is Ic1nccc2ncoc12. The Morgan fingerprint density at radius 1 is 1.40 bits per heavy atom. The van der Waals surface area contributed by atoms with Crippen LogP contribution in [0, 0.1) is 3.70 Å². The molecule has 0 fully saturated rings. The fourth-order valence-corrected chi connectivity index (χ4v) is 1.32. The number of aromatic nitrogens is 2. The van der Waals surface area contributed by atoms with E-state index in [4.69, 9.17) is 4.42 Å². The Labute approximate surface area is 70.6 Å². The molecule has 0 aliphatic carbocycles. The molecule has 0 saturated carbocycles. The standard InChI is InChI=1S/C6H3IN2O/c7-6-5-4(1-2-8-6)9-3-10-5/h1-3H. The number of oxazole rings is 1. The number of hydrogen-bond donors (Lipinski definition) is 0. The van der Waals surface area contributed by atoms with Crippen LogP contribution in [0.2, 0.25) is 0 Å². The molecule has 2 aromatic heterocycles. The maximum Gasteiger partial charge on any atom is 0.186 e. The van der Waals surface area contributed by atoms with Gasteiger partial charge < -0.3 is 4.42 Å². The molecule has 2 rings (SSSR count). The molecule has 0 atom stereocenters. The Balaban J connectivity index is 2.95. The normalized spacial score (nSPS) is 10.5. The first-order chi connectivity index (χ1) is 4.88. The minimum absolute atomic E-state index is 0.767. The van der Waals surface area contributed by atoms with Crippen molar-refractivity contribution in [3.63, 3.8) is 0 Å². The molecule has 50 valence electrons. The summed E-state index contributed by atoms with van der Waals surface area (Å²) in [6, 6.07) is 1.82. The van der Waals surface area contributed by atoms with Crippen LogP contribution in [0.25, 0.3) is 11.1 Å². The molecule has 0 aliphatic heterocycles. The molecule has 0 amide bonds. The largest absolute Gasteiger partial charge is 0.441 e. The van der Waals surface area contributed by atoms with Gasteiger partial charge in [0, 0.05) is 6.20 Å². The fraction of sp³-hybridized carbons (Fsp3) is 0. The fourth-order valence-electron chi connectivity index (χ4n) is 0.760. The molecule has 2 aromatic rings. The lowest BCUT2D eigenvalue weighted by Gasteiger charge is -1.86. The number of fused-ring (bicyclic) bond motifs is 1. The van der Waals surface area contributed by atoms with Crippen LogP contribution in [0.4, 0.5) is 0 Å². The van der Waals surface area contributed by atoms with Crippen molar-refractivity contribution in [3.05, 3.63) is 22.4 Å². The molecule has 0 N–H and O–H groups in total. The van der Waals surface area contributed by atoms with Gasteiger partial charge in [-0.15, -0.1) is 0 Å². The predicted octanol–water partition coefficient (Wildman–Crippen LogP) is 1.83. The van der Waals surface area contributed by atoms with E-state index in [-0.39, 0.29) is 0 Å². The summed E-state index contributed by atoms with van der Waals surface area (Å²) in [5, 5.41) is 0. The lowest BCUT2D eigenvalue weighted by atomic mass is 10.4. The quantitative estimate of drug-likeness (QED) is 0.525. The number of nitrogens with zero attached hydrogens (tertiary/aromatic N) is 2. The van der Waals surface area contributed by atoms with Crippen molar-refractivity contribution in [2.24, 2.45) is 0 Å². The monoisotopic (exact) mass is 246 g/mol. The van der Waals surface area contributed by atoms with Gasteiger partial charge in [-0.3, -0.25) is 0 Å². The van der Waals surface area contributed by atoms with Gasteiger partial charge in [-0.25, -0.2) is 9.97 Å². The van der Waals surface area contributed by atoms with Crippen LogP contribution in [0.5, 0.6) is 0 Å². The van der Waals surface area contributed by atoms with Crippen LogP contribution < -0.4 is 0 Å². The molecule has 0 aromatic carbocycles. The van der Waals surface area contributed by atoms with E-state index in [1.165, 1.54) is 6.39 Å². The summed E-state index contributed by atoms with van der Waals surface area (Å²) in [5.74, 6) is 0. The highest BCUT2D eigenvalue weighted by molar-refractivity contribution is 14.1. The summed E-state index contributed by atoms with van der Waals surface area (Å²) < 4.78 is 5.92. The highest BCUT2D eigenvalue weighted by Crippen LogP contribution is 2.15. The molecular formula is C6H3IN2O. The third kappa shape index (κ3) is 0.792. The molecule has 0 aliphatic rings. The highest BCUT2D eigenvalue weighted by Gasteiger charge is 2.01. The van der Waals surface area contributed by atoms with Gasteiger partial charge >= 0.3 is 0 Å². The Kier molecular flexibility index (Phi) is 1.33. The van der Waals surface area contributed by atoms with Crippen LogP contribution in [-0.4, -0.2) is 9.97 Å². The highest BCUT2D eigenvalue weighted by atomic mass is 127. The van der Waals surface area contributed by atoms with Crippen molar-refractivity contribution in [1.82, 2.24) is 9.97 Å². The van der Waals surface area contributed by atoms with Gasteiger partial charge in [-0.2, -0.15) is 0 Å². The molecule has 4 heteroatoms. The summed E-state index contributed by atoms with van der Waals surface area (Å²) in [7, 11) is 0. The van der Waals surface area contributed by atoms with E-state index in [1.54, 1.807) is 6.20 Å². The average molecular weight is 246 g/mol. The van der Waals surface area contributed by atoms with Crippen LogP contribution in [0.15, 0.2) is 23.1 Å². The first-order valence-electron chi connectivity index (χ1n) is 2.71. The van der Waals surface area contributed by atoms with Gasteiger partial charge in [0.2, 0.25) is 0 Å². The van der Waals surface area contributed by atoms with Crippen molar-refractivity contribution in [2.45, 2.75) is 0 Å². The van der Waals surface area contributed by atoms with E-state index in [9.17, 15) is 0 Å². The molecule has 0 spiro atoms. The second kappa shape index (κ2) is 2.19. The van der Waals surface area contributed by atoms with Gasteiger partial charge in [-0.1, -0.05) is 0 Å². The summed E-state index contributed by atoms with van der Waals surface area (Å²) in [5.41, 5.74) is 1.63. The molecule has 0 radical (unpaired) electrons. The Morgan fingerprint density at radius 3 is 3.10 bits per heavy atom. The van der Waals surface area contributed by atoms with Gasteiger partial charge in [0.15, 0.2) is 12.0 Å². The number of halogens is 1. The third-order valence-corrected chi connectivity index (χ3v) is 1.97. The minimum Gasteiger partial charge on any atom is -0.441 e. The summed E-state index contributed by atoms with van der Waals surface area (Å²) in [6.07, 6.45) is 3.14. The van der Waals surface area contributed by atoms with Crippen molar-refractivity contribution >= 4 is 33.7 Å². The van der Waals surface area contributed by atoms with Crippen LogP contribution in [0.3, 0.4) is 0 Å². The zero-order chi connectivity index (χ0) is 6.97. The van der Waals surface area contributed by atoms with Gasteiger partial charge in [0.25, 0.3) is 0 Å². The first-order valence-corrected chi connectivity index (χ1v) is 3.79. The van der Waals surface area contributed by atoms with Crippen LogP contribution >= 0.6 is 22.6 Å². The number of rotatable bonds is 0. The second-order valence-corrected chi connectivity index (χ2v) is 2.82. The van der Waals surface area contributed by atoms with E-state index in [0.717, 1.165) is 14.8 Å². The summed E-state index contributed by atoms with van der Waals surface area (Å²) in [6.45, 7) is 0. The predicted molar refractivity (Wildman–Crippen MR) is 44.5 cm³/mol. The Bertz CT molecular complexity index is 357. The van der Waals surface area contributed by atoms with Crippen LogP contribution in [0.1, 0.15) is 0 Å². The minimum atomic E-state index is 0.767. The third-order valence-electron chi connectivity index (χ3n) is 1.20. The topological polar surface area (TPSA) is 38.9 Å². The Morgan fingerprint density at radius 2 is 2.30 bits per heavy atom. The molecule has 2 heterocycles. The maximum absolute atomic E-state index is 5.07. The maximum atomic E-state index is 5.07. The molecular weight excluding hydrogens is 243 g/mol. The lowest BCUT2D eigenvalue weighted by molar-refractivity contribution is 0.598. The summed E-state index contributed by atoms with van der Waals surface area (Å²) in [4.78, 5) is 8.00. The lowest BCUT2D eigenvalue weighted by Crippen LogP contribution is -1.77. The van der Waals surface area contributed by atoms with E-state index < -0.39 is 0 Å². The van der Waals surface area contributed by atoms with Crippen LogP contribution in [-0.2, 0) is 0 Å². The zero-order valence-electron chi connectivity index (χ0n) is 4.91. The van der Waals surface area contributed by atoms with Gasteiger partial charge in [0.05, 0.1) is 0 Å². The van der Waals surface area contributed by atoms with Gasteiger partial charge in [0.1, 0.15) is 9.22 Å².